The van der Waals surface area contributed by atoms with Crippen LogP contribution in [0.4, 0.5) is 10.1 Å². The number of H-pyrrole nitrogens is 2. The third-order valence-electron chi connectivity index (χ3n) is 7.47. The van der Waals surface area contributed by atoms with Crippen molar-refractivity contribution in [3.05, 3.63) is 110 Å². The Morgan fingerprint density at radius 2 is 1.90 bits per heavy atom. The highest BCUT2D eigenvalue weighted by Gasteiger charge is 2.27. The molecule has 1 amide bonds. The van der Waals surface area contributed by atoms with E-state index < -0.39 is 17.2 Å². The molecular weight excluding hydrogens is 515 g/mol. The van der Waals surface area contributed by atoms with Crippen LogP contribution >= 0.6 is 0 Å². The molecule has 0 spiro atoms. The summed E-state index contributed by atoms with van der Waals surface area (Å²) < 4.78 is 21.2. The lowest BCUT2D eigenvalue weighted by molar-refractivity contribution is 0.0992. The Balaban J connectivity index is 1.40. The van der Waals surface area contributed by atoms with Crippen LogP contribution in [0.3, 0.4) is 0 Å². The molecule has 5 aromatic rings. The van der Waals surface area contributed by atoms with Gasteiger partial charge >= 0.3 is 5.69 Å². The Labute approximate surface area is 227 Å². The molecule has 1 saturated carbocycles. The summed E-state index contributed by atoms with van der Waals surface area (Å²) in [5.74, 6) is -0.257. The summed E-state index contributed by atoms with van der Waals surface area (Å²) >= 11 is 0. The number of anilines is 1. The quantitative estimate of drug-likeness (QED) is 0.306. The maximum absolute atomic E-state index is 14.8. The van der Waals surface area contributed by atoms with Gasteiger partial charge < -0.3 is 14.4 Å². The van der Waals surface area contributed by atoms with Crippen LogP contribution in [0, 0.1) is 18.7 Å². The van der Waals surface area contributed by atoms with Gasteiger partial charge in [0, 0.05) is 25.2 Å². The molecule has 6 rings (SSSR count). The van der Waals surface area contributed by atoms with Gasteiger partial charge in [0.05, 0.1) is 5.69 Å². The van der Waals surface area contributed by atoms with Gasteiger partial charge in [-0.05, 0) is 61.4 Å². The van der Waals surface area contributed by atoms with Gasteiger partial charge in [0.1, 0.15) is 29.0 Å². The van der Waals surface area contributed by atoms with Crippen molar-refractivity contribution in [2.75, 3.05) is 11.9 Å². The number of benzene rings is 2. The second-order valence-electron chi connectivity index (χ2n) is 10.3. The summed E-state index contributed by atoms with van der Waals surface area (Å²) in [6, 6.07) is 13.8. The Kier molecular flexibility index (Phi) is 6.41. The molecule has 204 valence electrons. The summed E-state index contributed by atoms with van der Waals surface area (Å²) in [5, 5.41) is 3.78. The predicted octanol–water partition coefficient (Wildman–Crippen LogP) is 3.91. The van der Waals surface area contributed by atoms with Crippen LogP contribution in [0.25, 0.3) is 11.2 Å². The van der Waals surface area contributed by atoms with Gasteiger partial charge in [0.15, 0.2) is 5.65 Å². The third kappa shape index (κ3) is 4.74. The summed E-state index contributed by atoms with van der Waals surface area (Å²) in [4.78, 5) is 50.0. The average Bonchev–Trinajstić information content (AvgIpc) is 3.49. The first-order valence-electron chi connectivity index (χ1n) is 13.0. The van der Waals surface area contributed by atoms with Crippen LogP contribution < -0.4 is 16.1 Å². The van der Waals surface area contributed by atoms with E-state index in [9.17, 15) is 18.8 Å². The normalized spacial score (nSPS) is 14.0. The minimum absolute atomic E-state index is 0.208. The van der Waals surface area contributed by atoms with Crippen molar-refractivity contribution in [2.24, 2.45) is 5.92 Å². The van der Waals surface area contributed by atoms with E-state index in [0.29, 0.717) is 46.4 Å². The van der Waals surface area contributed by atoms with Crippen LogP contribution in [0.1, 0.15) is 51.8 Å². The molecule has 2 N–H and O–H groups in total. The number of nitrogens with one attached hydrogen (secondary N) is 2. The number of aryl methyl sites for hydroxylation is 1. The molecule has 40 heavy (non-hydrogen) atoms. The van der Waals surface area contributed by atoms with E-state index in [4.69, 9.17) is 9.51 Å². The van der Waals surface area contributed by atoms with Gasteiger partial charge in [-0.3, -0.25) is 19.1 Å². The zero-order valence-electron chi connectivity index (χ0n) is 22.0. The van der Waals surface area contributed by atoms with Crippen LogP contribution in [-0.4, -0.2) is 37.6 Å². The van der Waals surface area contributed by atoms with E-state index >= 15 is 0 Å². The van der Waals surface area contributed by atoms with E-state index in [-0.39, 0.29) is 23.7 Å². The molecule has 3 aromatic heterocycles. The zero-order chi connectivity index (χ0) is 28.0. The first kappa shape index (κ1) is 25.5. The van der Waals surface area contributed by atoms with Gasteiger partial charge in [0.2, 0.25) is 0 Å². The third-order valence-corrected chi connectivity index (χ3v) is 7.47. The van der Waals surface area contributed by atoms with Gasteiger partial charge in [-0.2, -0.15) is 0 Å². The summed E-state index contributed by atoms with van der Waals surface area (Å²) in [7, 11) is 1.66. The highest BCUT2D eigenvalue weighted by atomic mass is 19.1. The molecule has 3 heterocycles. The number of aromatic amines is 2. The largest absolute Gasteiger partial charge is 0.364 e. The molecule has 11 heteroatoms. The molecule has 0 aliphatic heterocycles. The molecule has 1 atom stereocenters. The van der Waals surface area contributed by atoms with Crippen molar-refractivity contribution in [3.8, 4) is 0 Å². The summed E-state index contributed by atoms with van der Waals surface area (Å²) in [6.07, 6.45) is 3.63. The number of amides is 1. The monoisotopic (exact) mass is 542 g/mol. The Morgan fingerprint density at radius 1 is 1.15 bits per heavy atom. The summed E-state index contributed by atoms with van der Waals surface area (Å²) in [5.41, 5.74) is 2.24. The lowest BCUT2D eigenvalue weighted by Crippen LogP contribution is -2.30. The lowest BCUT2D eigenvalue weighted by atomic mass is 9.91. The van der Waals surface area contributed by atoms with E-state index in [1.165, 1.54) is 21.8 Å². The molecule has 1 aliphatic rings. The van der Waals surface area contributed by atoms with Gasteiger partial charge in [-0.1, -0.05) is 35.5 Å². The molecule has 0 saturated heterocycles. The fourth-order valence-electron chi connectivity index (χ4n) is 4.93. The number of carbonyl (C=O) groups excluding carboxylic acids is 1. The highest BCUT2D eigenvalue weighted by molar-refractivity contribution is 6.06. The van der Waals surface area contributed by atoms with Gasteiger partial charge in [0.25, 0.3) is 11.5 Å². The first-order chi connectivity index (χ1) is 19.3. The molecule has 0 radical (unpaired) electrons. The average molecular weight is 543 g/mol. The topological polar surface area (TPSA) is 130 Å². The fraction of sp³-hybridized carbons (Fsp3) is 0.276. The number of hydrogen-bond acceptors (Lipinski definition) is 6. The standard InChI is InChI=1S/C29H27FN6O4/c1-16-22(15-40-34-16)28(38)35(2)20-11-9-18(10-12-20)21(13-19-5-3-4-6-23(19)30)25-31-24-26(32-25)36(14-17-7-8-17)29(39)33-27(24)37/h3-6,9-12,15,17,21H,7-8,13-14H2,1-2H3,(H,31,32)(H,33,37,39). The Hall–Kier alpha value is -4.80. The lowest BCUT2D eigenvalue weighted by Gasteiger charge is -2.20. The van der Waals surface area contributed by atoms with Crippen molar-refractivity contribution in [3.63, 3.8) is 0 Å². The molecule has 0 bridgehead atoms. The highest BCUT2D eigenvalue weighted by Crippen LogP contribution is 2.32. The SMILES string of the molecule is Cc1nocc1C(=O)N(C)c1ccc(C(Cc2ccccc2F)c2nc3c([nH]2)c(=O)[nH]c(=O)n3CC2CC2)cc1. The predicted molar refractivity (Wildman–Crippen MR) is 146 cm³/mol. The van der Waals surface area contributed by atoms with E-state index in [0.717, 1.165) is 18.4 Å². The van der Waals surface area contributed by atoms with E-state index in [1.54, 1.807) is 44.3 Å². The number of carbonyl (C=O) groups is 1. The van der Waals surface area contributed by atoms with Gasteiger partial charge in [-0.25, -0.2) is 14.2 Å². The second kappa shape index (κ2) is 10.1. The second-order valence-corrected chi connectivity index (χ2v) is 10.3. The first-order valence-corrected chi connectivity index (χ1v) is 13.0. The number of aromatic nitrogens is 5. The van der Waals surface area contributed by atoms with Crippen LogP contribution in [0.5, 0.6) is 0 Å². The smallest absolute Gasteiger partial charge is 0.330 e. The minimum atomic E-state index is -0.546. The molecule has 1 aliphatic carbocycles. The maximum atomic E-state index is 14.8. The number of nitrogens with zero attached hydrogens (tertiary/aromatic N) is 4. The van der Waals surface area contributed by atoms with Crippen LogP contribution in [-0.2, 0) is 13.0 Å². The van der Waals surface area contributed by atoms with Crippen molar-refractivity contribution >= 4 is 22.8 Å². The van der Waals surface area contributed by atoms with Crippen LogP contribution in [0.15, 0.2) is 68.9 Å². The van der Waals surface area contributed by atoms with Crippen molar-refractivity contribution < 1.29 is 13.7 Å². The molecule has 1 unspecified atom stereocenters. The number of hydrogen-bond donors (Lipinski definition) is 2. The van der Waals surface area contributed by atoms with Crippen molar-refractivity contribution in [1.29, 1.82) is 0 Å². The van der Waals surface area contributed by atoms with E-state index in [1.807, 2.05) is 12.1 Å². The number of rotatable bonds is 8. The molecular formula is C29H27FN6O4. The molecule has 1 fully saturated rings. The van der Waals surface area contributed by atoms with Crippen LogP contribution in [0.2, 0.25) is 0 Å². The summed E-state index contributed by atoms with van der Waals surface area (Å²) in [6.45, 7) is 2.18. The molecule has 10 nitrogen and oxygen atoms in total. The zero-order valence-corrected chi connectivity index (χ0v) is 22.0. The Morgan fingerprint density at radius 3 is 2.58 bits per heavy atom. The fourth-order valence-corrected chi connectivity index (χ4v) is 4.93. The minimum Gasteiger partial charge on any atom is -0.364 e. The van der Waals surface area contributed by atoms with Gasteiger partial charge in [-0.15, -0.1) is 0 Å². The number of fused-ring (bicyclic) bond motifs is 1. The molecule has 2 aromatic carbocycles. The van der Waals surface area contributed by atoms with E-state index in [2.05, 4.69) is 15.1 Å². The number of halogens is 1. The van der Waals surface area contributed by atoms with Crippen molar-refractivity contribution in [2.45, 2.75) is 38.6 Å². The maximum Gasteiger partial charge on any atom is 0.330 e. The van der Waals surface area contributed by atoms with Crippen molar-refractivity contribution in [1.82, 2.24) is 24.7 Å². The Bertz CT molecular complexity index is 1830. The number of imidazole rings is 1.